The second kappa shape index (κ2) is 4.53. The lowest BCUT2D eigenvalue weighted by atomic mass is 9.97. The van der Waals surface area contributed by atoms with E-state index in [0.29, 0.717) is 5.56 Å². The van der Waals surface area contributed by atoms with E-state index in [-0.39, 0.29) is 10.8 Å². The van der Waals surface area contributed by atoms with E-state index in [0.717, 1.165) is 12.0 Å². The highest BCUT2D eigenvalue weighted by Gasteiger charge is 2.19. The molecular weight excluding hydrogens is 216 g/mol. The largest absolute Gasteiger partial charge is 0.506 e. The summed E-state index contributed by atoms with van der Waals surface area (Å²) in [7, 11) is 0. The van der Waals surface area contributed by atoms with E-state index in [4.69, 9.17) is 16.7 Å². The molecule has 0 saturated carbocycles. The first-order chi connectivity index (χ1) is 6.97. The molecule has 0 heterocycles. The number of aliphatic carboxylic acids is 1. The zero-order chi connectivity index (χ0) is 11.6. The maximum Gasteiger partial charge on any atom is 0.310 e. The number of aryl methyl sites for hydroxylation is 1. The third-order valence-electron chi connectivity index (χ3n) is 2.40. The van der Waals surface area contributed by atoms with E-state index in [1.165, 1.54) is 6.92 Å². The molecule has 0 radical (unpaired) electrons. The van der Waals surface area contributed by atoms with Gasteiger partial charge in [0.05, 0.1) is 10.9 Å². The van der Waals surface area contributed by atoms with Crippen LogP contribution in [-0.2, 0) is 11.2 Å². The molecule has 0 bridgehead atoms. The summed E-state index contributed by atoms with van der Waals surface area (Å²) >= 11 is 5.80. The van der Waals surface area contributed by atoms with E-state index in [2.05, 4.69) is 0 Å². The Morgan fingerprint density at radius 2 is 2.13 bits per heavy atom. The normalized spacial score (nSPS) is 12.5. The van der Waals surface area contributed by atoms with Gasteiger partial charge in [-0.05, 0) is 25.0 Å². The number of benzene rings is 1. The van der Waals surface area contributed by atoms with E-state index in [1.54, 1.807) is 12.1 Å². The lowest BCUT2D eigenvalue weighted by Gasteiger charge is -2.12. The molecule has 0 aliphatic rings. The lowest BCUT2D eigenvalue weighted by molar-refractivity contribution is -0.138. The van der Waals surface area contributed by atoms with Crippen LogP contribution in [0.3, 0.4) is 0 Å². The molecule has 1 unspecified atom stereocenters. The van der Waals surface area contributed by atoms with Crippen LogP contribution in [0.4, 0.5) is 0 Å². The van der Waals surface area contributed by atoms with Gasteiger partial charge in [-0.25, -0.2) is 0 Å². The number of aromatic hydroxyl groups is 1. The Kier molecular flexibility index (Phi) is 3.58. The minimum Gasteiger partial charge on any atom is -0.506 e. The smallest absolute Gasteiger partial charge is 0.310 e. The first-order valence-electron chi connectivity index (χ1n) is 4.71. The highest BCUT2D eigenvalue weighted by molar-refractivity contribution is 6.32. The summed E-state index contributed by atoms with van der Waals surface area (Å²) in [6.07, 6.45) is 0.749. The Morgan fingerprint density at radius 1 is 1.53 bits per heavy atom. The van der Waals surface area contributed by atoms with Crippen LogP contribution < -0.4 is 0 Å². The second-order valence-electron chi connectivity index (χ2n) is 3.43. The van der Waals surface area contributed by atoms with Crippen LogP contribution in [0.1, 0.15) is 30.9 Å². The first kappa shape index (κ1) is 11.9. The van der Waals surface area contributed by atoms with Crippen molar-refractivity contribution in [2.75, 3.05) is 0 Å². The van der Waals surface area contributed by atoms with Crippen LogP contribution in [0.2, 0.25) is 5.02 Å². The molecule has 0 saturated heterocycles. The molecule has 0 fully saturated rings. The maximum absolute atomic E-state index is 10.8. The SMILES string of the molecule is CCc1cc(Cl)c(O)c(C(C)C(=O)O)c1. The monoisotopic (exact) mass is 228 g/mol. The maximum atomic E-state index is 10.8. The van der Waals surface area contributed by atoms with Crippen LogP contribution in [0.5, 0.6) is 5.75 Å². The predicted molar refractivity (Wildman–Crippen MR) is 58.5 cm³/mol. The van der Waals surface area contributed by atoms with Gasteiger partial charge in [0, 0.05) is 5.56 Å². The third-order valence-corrected chi connectivity index (χ3v) is 2.69. The molecule has 1 atom stereocenters. The topological polar surface area (TPSA) is 57.5 Å². The van der Waals surface area contributed by atoms with Gasteiger partial charge in [-0.15, -0.1) is 0 Å². The fraction of sp³-hybridized carbons (Fsp3) is 0.364. The van der Waals surface area contributed by atoms with Crippen molar-refractivity contribution in [2.45, 2.75) is 26.2 Å². The van der Waals surface area contributed by atoms with Gasteiger partial charge in [-0.2, -0.15) is 0 Å². The van der Waals surface area contributed by atoms with Crippen LogP contribution in [0.15, 0.2) is 12.1 Å². The molecule has 4 heteroatoms. The number of carbonyl (C=O) groups is 1. The van der Waals surface area contributed by atoms with Crippen molar-refractivity contribution in [2.24, 2.45) is 0 Å². The van der Waals surface area contributed by atoms with Crippen molar-refractivity contribution in [3.05, 3.63) is 28.3 Å². The van der Waals surface area contributed by atoms with Crippen LogP contribution >= 0.6 is 11.6 Å². The molecule has 2 N–H and O–H groups in total. The summed E-state index contributed by atoms with van der Waals surface area (Å²) in [6, 6.07) is 3.33. The lowest BCUT2D eigenvalue weighted by Crippen LogP contribution is -2.08. The molecule has 1 rings (SSSR count). The zero-order valence-electron chi connectivity index (χ0n) is 8.62. The Labute approximate surface area is 93.3 Å². The third kappa shape index (κ3) is 2.42. The quantitative estimate of drug-likeness (QED) is 0.837. The molecule has 0 spiro atoms. The van der Waals surface area contributed by atoms with Crippen molar-refractivity contribution in [1.29, 1.82) is 0 Å². The fourth-order valence-electron chi connectivity index (χ4n) is 1.35. The Hall–Kier alpha value is -1.22. The van der Waals surface area contributed by atoms with Gasteiger partial charge in [-0.3, -0.25) is 4.79 Å². The van der Waals surface area contributed by atoms with Gasteiger partial charge >= 0.3 is 5.97 Å². The van der Waals surface area contributed by atoms with Crippen LogP contribution in [-0.4, -0.2) is 16.2 Å². The highest BCUT2D eigenvalue weighted by Crippen LogP contribution is 2.34. The van der Waals surface area contributed by atoms with E-state index in [1.807, 2.05) is 6.92 Å². The van der Waals surface area contributed by atoms with Gasteiger partial charge in [0.1, 0.15) is 5.75 Å². The second-order valence-corrected chi connectivity index (χ2v) is 3.84. The van der Waals surface area contributed by atoms with Gasteiger partial charge in [0.2, 0.25) is 0 Å². The Morgan fingerprint density at radius 3 is 2.60 bits per heavy atom. The van der Waals surface area contributed by atoms with Crippen LogP contribution in [0, 0.1) is 0 Å². The molecule has 0 aromatic heterocycles. The van der Waals surface area contributed by atoms with Crippen molar-refractivity contribution in [1.82, 2.24) is 0 Å². The number of halogens is 1. The summed E-state index contributed by atoms with van der Waals surface area (Å²) in [4.78, 5) is 10.8. The Bertz CT molecular complexity index is 388. The number of phenolic OH excluding ortho intramolecular Hbond substituents is 1. The molecule has 0 aliphatic carbocycles. The predicted octanol–water partition coefficient (Wildman–Crippen LogP) is 2.80. The molecular formula is C11H13ClO3. The molecule has 1 aromatic carbocycles. The molecule has 82 valence electrons. The summed E-state index contributed by atoms with van der Waals surface area (Å²) in [5, 5.41) is 18.7. The summed E-state index contributed by atoms with van der Waals surface area (Å²) in [6.45, 7) is 3.46. The number of hydrogen-bond acceptors (Lipinski definition) is 2. The number of hydrogen-bond donors (Lipinski definition) is 2. The average Bonchev–Trinajstić information content (AvgIpc) is 2.20. The van der Waals surface area contributed by atoms with Gasteiger partial charge in [-0.1, -0.05) is 24.6 Å². The number of rotatable bonds is 3. The molecule has 3 nitrogen and oxygen atoms in total. The summed E-state index contributed by atoms with van der Waals surface area (Å²) in [5.41, 5.74) is 1.28. The van der Waals surface area contributed by atoms with Gasteiger partial charge in [0.15, 0.2) is 0 Å². The molecule has 15 heavy (non-hydrogen) atoms. The van der Waals surface area contributed by atoms with Crippen molar-refractivity contribution in [3.63, 3.8) is 0 Å². The van der Waals surface area contributed by atoms with Gasteiger partial charge < -0.3 is 10.2 Å². The fourth-order valence-corrected chi connectivity index (χ4v) is 1.60. The van der Waals surface area contributed by atoms with E-state index in [9.17, 15) is 9.90 Å². The number of carboxylic acid groups (broad SMARTS) is 1. The minimum atomic E-state index is -0.977. The molecule has 0 aliphatic heterocycles. The summed E-state index contributed by atoms with van der Waals surface area (Å²) in [5.74, 6) is -1.87. The first-order valence-corrected chi connectivity index (χ1v) is 5.09. The molecule has 1 aromatic rings. The minimum absolute atomic E-state index is 0.135. The van der Waals surface area contributed by atoms with Crippen molar-refractivity contribution in [3.8, 4) is 5.75 Å². The number of phenols is 1. The van der Waals surface area contributed by atoms with Crippen molar-refractivity contribution >= 4 is 17.6 Å². The summed E-state index contributed by atoms with van der Waals surface area (Å²) < 4.78 is 0. The number of carboxylic acids is 1. The zero-order valence-corrected chi connectivity index (χ0v) is 9.38. The molecule has 0 amide bonds. The van der Waals surface area contributed by atoms with Gasteiger partial charge in [0.25, 0.3) is 0 Å². The standard InChI is InChI=1S/C11H13ClO3/c1-3-7-4-8(6(2)11(14)15)10(13)9(12)5-7/h4-6,13H,3H2,1-2H3,(H,14,15). The average molecular weight is 229 g/mol. The van der Waals surface area contributed by atoms with Crippen molar-refractivity contribution < 1.29 is 15.0 Å². The highest BCUT2D eigenvalue weighted by atomic mass is 35.5. The Balaban J connectivity index is 3.27. The van der Waals surface area contributed by atoms with Crippen LogP contribution in [0.25, 0.3) is 0 Å². The van der Waals surface area contributed by atoms with E-state index >= 15 is 0 Å². The van der Waals surface area contributed by atoms with E-state index < -0.39 is 11.9 Å².